The zero-order valence-corrected chi connectivity index (χ0v) is 22.1. The molecular formula is C26H28ClF2N4O2P. The maximum Gasteiger partial charge on any atom is 0.159 e. The van der Waals surface area contributed by atoms with Crippen molar-refractivity contribution in [3.63, 3.8) is 0 Å². The van der Waals surface area contributed by atoms with Gasteiger partial charge in [0.05, 0.1) is 17.3 Å². The van der Waals surface area contributed by atoms with Gasteiger partial charge < -0.3 is 20.6 Å². The third kappa shape index (κ3) is 6.65. The lowest BCUT2D eigenvalue weighted by Gasteiger charge is -2.17. The number of halogens is 3. The van der Waals surface area contributed by atoms with Crippen LogP contribution in [0.1, 0.15) is 30.7 Å². The Hall–Kier alpha value is -2.90. The first-order valence-electron chi connectivity index (χ1n) is 11.2. The van der Waals surface area contributed by atoms with Crippen molar-refractivity contribution in [2.24, 2.45) is 0 Å². The van der Waals surface area contributed by atoms with Gasteiger partial charge in [-0.2, -0.15) is 0 Å². The molecule has 0 aliphatic heterocycles. The summed E-state index contributed by atoms with van der Waals surface area (Å²) >= 11 is 6.39. The summed E-state index contributed by atoms with van der Waals surface area (Å²) in [5.74, 6) is -0.654. The summed E-state index contributed by atoms with van der Waals surface area (Å²) in [5.41, 5.74) is 4.01. The normalized spacial score (nSPS) is 13.4. The van der Waals surface area contributed by atoms with E-state index >= 15 is 0 Å². The summed E-state index contributed by atoms with van der Waals surface area (Å²) in [5, 5.41) is 24.1. The van der Waals surface area contributed by atoms with Crippen molar-refractivity contribution in [2.45, 2.75) is 40.0 Å². The van der Waals surface area contributed by atoms with E-state index in [0.717, 1.165) is 8.20 Å². The van der Waals surface area contributed by atoms with E-state index in [0.29, 0.717) is 50.8 Å². The highest BCUT2D eigenvalue weighted by atomic mass is 35.5. The van der Waals surface area contributed by atoms with Crippen LogP contribution in [0.3, 0.4) is 0 Å². The van der Waals surface area contributed by atoms with Gasteiger partial charge in [0.2, 0.25) is 0 Å². The van der Waals surface area contributed by atoms with Crippen LogP contribution < -0.4 is 15.4 Å². The number of benzene rings is 2. The van der Waals surface area contributed by atoms with Crippen molar-refractivity contribution < 1.29 is 18.6 Å². The molecule has 36 heavy (non-hydrogen) atoms. The molecule has 3 aromatic rings. The molecule has 2 aromatic carbocycles. The van der Waals surface area contributed by atoms with Gasteiger partial charge in [0, 0.05) is 40.0 Å². The van der Waals surface area contributed by atoms with Gasteiger partial charge in [-0.3, -0.25) is 5.32 Å². The second kappa shape index (κ2) is 12.4. The number of para-hydroxylation sites is 1. The van der Waals surface area contributed by atoms with Crippen molar-refractivity contribution in [3.05, 3.63) is 75.6 Å². The molecule has 0 aliphatic carbocycles. The zero-order valence-electron chi connectivity index (χ0n) is 20.4. The van der Waals surface area contributed by atoms with E-state index in [1.54, 1.807) is 32.0 Å². The summed E-state index contributed by atoms with van der Waals surface area (Å²) in [6.45, 7) is 7.25. The summed E-state index contributed by atoms with van der Waals surface area (Å²) in [6, 6.07) is 9.82. The van der Waals surface area contributed by atoms with Crippen LogP contribution in [0.5, 0.6) is 5.75 Å². The lowest BCUT2D eigenvalue weighted by molar-refractivity contribution is 0.260. The summed E-state index contributed by atoms with van der Waals surface area (Å²) < 4.78 is 34.1. The van der Waals surface area contributed by atoms with Gasteiger partial charge in [0.1, 0.15) is 23.7 Å². The Bertz CT molecular complexity index is 1350. The molecule has 0 radical (unpaired) electrons. The fourth-order valence-corrected chi connectivity index (χ4v) is 4.56. The number of nitrogens with zero attached hydrogens (tertiary/aromatic N) is 1. The molecule has 190 valence electrons. The molecule has 0 bridgehead atoms. The van der Waals surface area contributed by atoms with Crippen LogP contribution in [-0.4, -0.2) is 34.5 Å². The maximum absolute atomic E-state index is 14.1. The minimum atomic E-state index is -0.671. The van der Waals surface area contributed by atoms with Gasteiger partial charge in [-0.15, -0.1) is 0 Å². The average Bonchev–Trinajstić information content (AvgIpc) is 2.83. The fourth-order valence-electron chi connectivity index (χ4n) is 3.67. The number of aromatic nitrogens is 1. The van der Waals surface area contributed by atoms with Crippen LogP contribution in [0.2, 0.25) is 5.02 Å². The largest absolute Gasteiger partial charge is 0.487 e. The summed E-state index contributed by atoms with van der Waals surface area (Å²) in [6.07, 6.45) is -0.00674. The maximum atomic E-state index is 14.1. The highest BCUT2D eigenvalue weighted by Crippen LogP contribution is 2.32. The number of hydrogen-bond acceptors (Lipinski definition) is 5. The summed E-state index contributed by atoms with van der Waals surface area (Å²) in [7, 11) is 0.877. The van der Waals surface area contributed by atoms with Crippen molar-refractivity contribution >= 4 is 48.0 Å². The molecule has 0 saturated carbocycles. The molecule has 3 rings (SSSR count). The lowest BCUT2D eigenvalue weighted by Crippen LogP contribution is -2.31. The number of aryl methyl sites for hydroxylation is 1. The molecule has 1 unspecified atom stereocenters. The molecular weight excluding hydrogens is 505 g/mol. The number of anilines is 1. The molecule has 6 nitrogen and oxygen atoms in total. The van der Waals surface area contributed by atoms with Crippen molar-refractivity contribution in [2.75, 3.05) is 12.0 Å². The SMILES string of the molecule is C/P=C(\NCc1cc(F)cc(Cl)c1COc1cccc2c(N/C(C)=C(/F)C=N)cc(C)nc12)C(C)O. The van der Waals surface area contributed by atoms with Crippen LogP contribution in [-0.2, 0) is 13.2 Å². The van der Waals surface area contributed by atoms with Crippen LogP contribution >= 0.6 is 19.8 Å². The number of allylic oxidation sites excluding steroid dienone is 2. The van der Waals surface area contributed by atoms with Crippen LogP contribution in [0.15, 0.2) is 47.9 Å². The fraction of sp³-hybridized carbons (Fsp3) is 0.269. The van der Waals surface area contributed by atoms with E-state index in [1.807, 2.05) is 19.7 Å². The van der Waals surface area contributed by atoms with E-state index in [-0.39, 0.29) is 23.9 Å². The molecule has 1 aromatic heterocycles. The van der Waals surface area contributed by atoms with Gasteiger partial charge in [-0.1, -0.05) is 31.9 Å². The summed E-state index contributed by atoms with van der Waals surface area (Å²) in [4.78, 5) is 4.61. The monoisotopic (exact) mass is 532 g/mol. The van der Waals surface area contributed by atoms with Crippen molar-refractivity contribution in [3.8, 4) is 5.75 Å². The quantitative estimate of drug-likeness (QED) is 0.180. The van der Waals surface area contributed by atoms with Gasteiger partial charge in [0.25, 0.3) is 0 Å². The Kier molecular flexibility index (Phi) is 9.51. The zero-order chi connectivity index (χ0) is 26.4. The molecule has 0 amide bonds. The number of hydrogen-bond donors (Lipinski definition) is 4. The van der Waals surface area contributed by atoms with E-state index in [2.05, 4.69) is 15.6 Å². The first kappa shape index (κ1) is 27.7. The smallest absolute Gasteiger partial charge is 0.159 e. The Morgan fingerprint density at radius 2 is 2.08 bits per heavy atom. The van der Waals surface area contributed by atoms with Crippen molar-refractivity contribution in [1.82, 2.24) is 10.3 Å². The lowest BCUT2D eigenvalue weighted by atomic mass is 10.1. The number of aliphatic hydroxyl groups excluding tert-OH is 1. The second-order valence-corrected chi connectivity index (χ2v) is 9.49. The van der Waals surface area contributed by atoms with Crippen LogP contribution in [0.25, 0.3) is 10.9 Å². The highest BCUT2D eigenvalue weighted by Gasteiger charge is 2.15. The van der Waals surface area contributed by atoms with Crippen molar-refractivity contribution in [1.29, 1.82) is 5.41 Å². The van der Waals surface area contributed by atoms with Gasteiger partial charge >= 0.3 is 0 Å². The van der Waals surface area contributed by atoms with Gasteiger partial charge in [-0.05, 0) is 57.3 Å². The number of ether oxygens (including phenoxy) is 1. The molecule has 1 atom stereocenters. The van der Waals surface area contributed by atoms with Crippen LogP contribution in [0.4, 0.5) is 14.5 Å². The third-order valence-corrected chi connectivity index (χ3v) is 6.81. The number of nitrogens with one attached hydrogen (secondary N) is 3. The molecule has 4 N–H and O–H groups in total. The van der Waals surface area contributed by atoms with Gasteiger partial charge in [0.15, 0.2) is 5.83 Å². The van der Waals surface area contributed by atoms with E-state index in [9.17, 15) is 13.9 Å². The Labute approximate surface area is 215 Å². The number of pyridine rings is 1. The average molecular weight is 533 g/mol. The minimum absolute atomic E-state index is 0.0584. The van der Waals surface area contributed by atoms with Crippen LogP contribution in [0, 0.1) is 18.2 Å². The van der Waals surface area contributed by atoms with E-state index < -0.39 is 17.7 Å². The minimum Gasteiger partial charge on any atom is -0.487 e. The third-order valence-electron chi connectivity index (χ3n) is 5.46. The Balaban J connectivity index is 1.94. The predicted molar refractivity (Wildman–Crippen MR) is 145 cm³/mol. The predicted octanol–water partition coefficient (Wildman–Crippen LogP) is 6.35. The number of aliphatic hydroxyl groups is 1. The highest BCUT2D eigenvalue weighted by molar-refractivity contribution is 7.39. The van der Waals surface area contributed by atoms with E-state index in [1.165, 1.54) is 12.1 Å². The van der Waals surface area contributed by atoms with Gasteiger partial charge in [-0.25, -0.2) is 13.8 Å². The number of fused-ring (bicyclic) bond motifs is 1. The Morgan fingerprint density at radius 3 is 2.75 bits per heavy atom. The number of rotatable bonds is 10. The molecule has 0 fully saturated rings. The molecule has 0 aliphatic rings. The molecule has 1 heterocycles. The molecule has 0 spiro atoms. The molecule has 0 saturated heterocycles. The van der Waals surface area contributed by atoms with E-state index in [4.69, 9.17) is 21.7 Å². The first-order valence-corrected chi connectivity index (χ1v) is 12.9. The Morgan fingerprint density at radius 1 is 1.33 bits per heavy atom. The standard InChI is InChI=1S/C26H28ClF2N4O2P/c1-14-8-23(33-15(2)22(29)11-30)19-6-5-7-24(25(19)32-14)35-13-20-17(9-18(28)10-21(20)27)12-31-26(36-4)16(3)34/h5-11,16,30-31,34H,12-13H2,1-4H3,(H,32,33)/b22-15+,30-11?. The first-order chi connectivity index (χ1) is 17.1. The molecule has 10 heteroatoms. The second-order valence-electron chi connectivity index (χ2n) is 8.16. The topological polar surface area (TPSA) is 90.3 Å².